The van der Waals surface area contributed by atoms with Crippen LogP contribution in [0.5, 0.6) is 0 Å². The Morgan fingerprint density at radius 3 is 2.62 bits per heavy atom. The summed E-state index contributed by atoms with van der Waals surface area (Å²) < 4.78 is 4.99. The van der Waals surface area contributed by atoms with Crippen molar-refractivity contribution in [2.45, 2.75) is 6.61 Å². The normalized spacial score (nSPS) is 9.95. The molecule has 0 radical (unpaired) electrons. The number of ether oxygens (including phenoxy) is 1. The summed E-state index contributed by atoms with van der Waals surface area (Å²) in [5, 5.41) is 11.1. The van der Waals surface area contributed by atoms with E-state index in [4.69, 9.17) is 21.4 Å². The van der Waals surface area contributed by atoms with Crippen LogP contribution in [0.15, 0.2) is 42.6 Å². The number of hydrogen-bond acceptors (Lipinski definition) is 4. The molecule has 1 aromatic heterocycles. The molecule has 2 rings (SSSR count). The van der Waals surface area contributed by atoms with Crippen LogP contribution in [-0.2, 0) is 11.3 Å². The molecular formula is C14H11ClN2O4. The van der Waals surface area contributed by atoms with Gasteiger partial charge in [0.25, 0.3) is 0 Å². The second-order valence-corrected chi connectivity index (χ2v) is 4.39. The Morgan fingerprint density at radius 2 is 1.95 bits per heavy atom. The maximum Gasteiger partial charge on any atom is 0.413 e. The van der Waals surface area contributed by atoms with Crippen molar-refractivity contribution < 1.29 is 19.4 Å². The van der Waals surface area contributed by atoms with Gasteiger partial charge in [0.05, 0.1) is 10.6 Å². The van der Waals surface area contributed by atoms with Gasteiger partial charge >= 0.3 is 12.1 Å². The predicted molar refractivity (Wildman–Crippen MR) is 76.5 cm³/mol. The number of pyridine rings is 1. The van der Waals surface area contributed by atoms with Gasteiger partial charge in [-0.2, -0.15) is 0 Å². The van der Waals surface area contributed by atoms with Crippen molar-refractivity contribution in [1.29, 1.82) is 0 Å². The van der Waals surface area contributed by atoms with Crippen molar-refractivity contribution in [3.8, 4) is 0 Å². The number of aromatic nitrogens is 1. The van der Waals surface area contributed by atoms with E-state index in [9.17, 15) is 9.59 Å². The Bertz CT molecular complexity index is 661. The highest BCUT2D eigenvalue weighted by Gasteiger charge is 2.15. The number of carboxylic acid groups (broad SMARTS) is 1. The zero-order valence-electron chi connectivity index (χ0n) is 10.7. The predicted octanol–water partition coefficient (Wildman–Crippen LogP) is 3.18. The van der Waals surface area contributed by atoms with Gasteiger partial charge in [0.1, 0.15) is 6.61 Å². The molecule has 0 aliphatic carbocycles. The number of carbonyl (C=O) groups is 2. The largest absolute Gasteiger partial charge is 0.478 e. The number of halogens is 1. The van der Waals surface area contributed by atoms with Gasteiger partial charge in [-0.25, -0.2) is 14.6 Å². The number of aromatic carboxylic acids is 1. The van der Waals surface area contributed by atoms with Crippen molar-refractivity contribution in [2.24, 2.45) is 0 Å². The lowest BCUT2D eigenvalue weighted by atomic mass is 10.2. The number of nitrogens with one attached hydrogen (secondary N) is 1. The zero-order valence-corrected chi connectivity index (χ0v) is 11.5. The fourth-order valence-corrected chi connectivity index (χ4v) is 1.79. The molecule has 0 aliphatic heterocycles. The molecule has 1 amide bonds. The van der Waals surface area contributed by atoms with E-state index in [1.807, 2.05) is 30.3 Å². The van der Waals surface area contributed by atoms with E-state index in [0.29, 0.717) is 0 Å². The summed E-state index contributed by atoms with van der Waals surface area (Å²) in [6, 6.07) is 10.4. The van der Waals surface area contributed by atoms with E-state index in [-0.39, 0.29) is 23.0 Å². The lowest BCUT2D eigenvalue weighted by Crippen LogP contribution is -2.15. The second-order valence-electron chi connectivity index (χ2n) is 4.01. The second kappa shape index (κ2) is 6.71. The maximum atomic E-state index is 11.6. The van der Waals surface area contributed by atoms with Gasteiger partial charge in [-0.1, -0.05) is 41.9 Å². The van der Waals surface area contributed by atoms with Crippen molar-refractivity contribution in [2.75, 3.05) is 5.32 Å². The van der Waals surface area contributed by atoms with Crippen molar-refractivity contribution in [3.05, 3.63) is 58.7 Å². The average molecular weight is 307 g/mol. The van der Waals surface area contributed by atoms with Gasteiger partial charge < -0.3 is 9.84 Å². The molecule has 0 aliphatic rings. The lowest BCUT2D eigenvalue weighted by molar-refractivity contribution is 0.0697. The number of carboxylic acids is 1. The van der Waals surface area contributed by atoms with Crippen molar-refractivity contribution >= 4 is 29.5 Å². The summed E-state index contributed by atoms with van der Waals surface area (Å²) in [4.78, 5) is 26.4. The number of benzene rings is 1. The third-order valence-corrected chi connectivity index (χ3v) is 2.94. The minimum Gasteiger partial charge on any atom is -0.478 e. The first-order valence-electron chi connectivity index (χ1n) is 5.93. The Balaban J connectivity index is 2.00. The standard InChI is InChI=1S/C14H11ClN2O4/c15-11-10(13(18)19)6-7-16-12(11)17-14(20)21-8-9-4-2-1-3-5-9/h1-7H,8H2,(H,18,19)(H,16,17,20). The molecular weight excluding hydrogens is 296 g/mol. The summed E-state index contributed by atoms with van der Waals surface area (Å²) in [6.07, 6.45) is 0.470. The van der Waals surface area contributed by atoms with Gasteiger partial charge in [0.2, 0.25) is 0 Å². The molecule has 0 unspecified atom stereocenters. The zero-order chi connectivity index (χ0) is 15.2. The highest BCUT2D eigenvalue weighted by atomic mass is 35.5. The number of carbonyl (C=O) groups excluding carboxylic acids is 1. The van der Waals surface area contributed by atoms with E-state index in [2.05, 4.69) is 10.3 Å². The number of anilines is 1. The quantitative estimate of drug-likeness (QED) is 0.905. The number of amides is 1. The summed E-state index contributed by atoms with van der Waals surface area (Å²) >= 11 is 5.85. The molecule has 2 aromatic rings. The van der Waals surface area contributed by atoms with Crippen LogP contribution in [0, 0.1) is 0 Å². The molecule has 7 heteroatoms. The van der Waals surface area contributed by atoms with Gasteiger partial charge in [0.15, 0.2) is 5.82 Å². The molecule has 0 fully saturated rings. The highest BCUT2D eigenvalue weighted by Crippen LogP contribution is 2.23. The first kappa shape index (κ1) is 14.8. The SMILES string of the molecule is O=C(Nc1nccc(C(=O)O)c1Cl)OCc1ccccc1. The van der Waals surface area contributed by atoms with Gasteiger partial charge in [-0.15, -0.1) is 0 Å². The molecule has 0 saturated heterocycles. The Kier molecular flexibility index (Phi) is 4.73. The summed E-state index contributed by atoms with van der Waals surface area (Å²) in [5.74, 6) is -1.27. The molecule has 6 nitrogen and oxygen atoms in total. The van der Waals surface area contributed by atoms with Crippen LogP contribution >= 0.6 is 11.6 Å². The van der Waals surface area contributed by atoms with Gasteiger partial charge in [0, 0.05) is 6.20 Å². The van der Waals surface area contributed by atoms with E-state index in [0.717, 1.165) is 5.56 Å². The van der Waals surface area contributed by atoms with Crippen LogP contribution in [0.2, 0.25) is 5.02 Å². The average Bonchev–Trinajstić information content (AvgIpc) is 2.48. The Morgan fingerprint density at radius 1 is 1.24 bits per heavy atom. The number of rotatable bonds is 4. The minimum absolute atomic E-state index is 0.0605. The topological polar surface area (TPSA) is 88.5 Å². The first-order valence-corrected chi connectivity index (χ1v) is 6.31. The first-order chi connectivity index (χ1) is 10.1. The Hall–Kier alpha value is -2.60. The summed E-state index contributed by atoms with van der Waals surface area (Å²) in [6.45, 7) is 0.0862. The van der Waals surface area contributed by atoms with Crippen molar-refractivity contribution in [3.63, 3.8) is 0 Å². The molecule has 0 atom stereocenters. The fourth-order valence-electron chi connectivity index (χ4n) is 1.55. The van der Waals surface area contributed by atoms with Gasteiger partial charge in [-0.05, 0) is 11.6 Å². The molecule has 2 N–H and O–H groups in total. The van der Waals surface area contributed by atoms with Crippen LogP contribution < -0.4 is 5.32 Å². The summed E-state index contributed by atoms with van der Waals surface area (Å²) in [7, 11) is 0. The molecule has 21 heavy (non-hydrogen) atoms. The molecule has 0 bridgehead atoms. The van der Waals surface area contributed by atoms with Crippen LogP contribution in [0.25, 0.3) is 0 Å². The molecule has 0 saturated carbocycles. The third-order valence-electron chi connectivity index (χ3n) is 2.55. The van der Waals surface area contributed by atoms with Crippen LogP contribution in [-0.4, -0.2) is 22.2 Å². The minimum atomic E-state index is -1.21. The van der Waals surface area contributed by atoms with Crippen LogP contribution in [0.4, 0.5) is 10.6 Å². The smallest absolute Gasteiger partial charge is 0.413 e. The van der Waals surface area contributed by atoms with E-state index in [1.54, 1.807) is 0 Å². The summed E-state index contributed by atoms with van der Waals surface area (Å²) in [5.41, 5.74) is 0.677. The fraction of sp³-hybridized carbons (Fsp3) is 0.0714. The maximum absolute atomic E-state index is 11.6. The number of hydrogen-bond donors (Lipinski definition) is 2. The van der Waals surface area contributed by atoms with Crippen LogP contribution in [0.3, 0.4) is 0 Å². The van der Waals surface area contributed by atoms with Crippen LogP contribution in [0.1, 0.15) is 15.9 Å². The van der Waals surface area contributed by atoms with E-state index in [1.165, 1.54) is 12.3 Å². The third kappa shape index (κ3) is 3.93. The molecule has 108 valence electrons. The van der Waals surface area contributed by atoms with E-state index < -0.39 is 12.1 Å². The highest BCUT2D eigenvalue weighted by molar-refractivity contribution is 6.36. The van der Waals surface area contributed by atoms with Gasteiger partial charge in [-0.3, -0.25) is 5.32 Å². The Labute approximate surface area is 125 Å². The lowest BCUT2D eigenvalue weighted by Gasteiger charge is -2.08. The molecule has 1 heterocycles. The monoisotopic (exact) mass is 306 g/mol. The number of nitrogens with zero attached hydrogens (tertiary/aromatic N) is 1. The van der Waals surface area contributed by atoms with E-state index >= 15 is 0 Å². The van der Waals surface area contributed by atoms with Crippen molar-refractivity contribution in [1.82, 2.24) is 4.98 Å². The molecule has 1 aromatic carbocycles. The molecule has 0 spiro atoms.